The van der Waals surface area contributed by atoms with Crippen LogP contribution in [0.15, 0.2) is 50.6 Å². The topological polar surface area (TPSA) is 91.8 Å². The Bertz CT molecular complexity index is 582. The summed E-state index contributed by atoms with van der Waals surface area (Å²) in [6.45, 7) is 1.18. The largest absolute Gasteiger partial charge is 0.469 e. The average molecular weight is 432 g/mol. The van der Waals surface area contributed by atoms with Gasteiger partial charge in [-0.15, -0.1) is 24.0 Å². The van der Waals surface area contributed by atoms with Gasteiger partial charge < -0.3 is 24.8 Å². The Morgan fingerprint density at radius 2 is 1.78 bits per heavy atom. The second kappa shape index (κ2) is 10.7. The molecule has 0 spiro atoms. The maximum atomic E-state index is 11.7. The molecule has 23 heavy (non-hydrogen) atoms. The molecule has 0 aliphatic rings. The second-order valence-corrected chi connectivity index (χ2v) is 4.54. The van der Waals surface area contributed by atoms with Crippen LogP contribution in [0.5, 0.6) is 0 Å². The third-order valence-electron chi connectivity index (χ3n) is 2.92. The van der Waals surface area contributed by atoms with Gasteiger partial charge >= 0.3 is 0 Å². The number of guanidine groups is 1. The van der Waals surface area contributed by atoms with Gasteiger partial charge in [-0.3, -0.25) is 9.79 Å². The summed E-state index contributed by atoms with van der Waals surface area (Å²) in [5.74, 6) is 2.05. The van der Waals surface area contributed by atoms with Crippen molar-refractivity contribution >= 4 is 35.8 Å². The molecule has 0 saturated carbocycles. The summed E-state index contributed by atoms with van der Waals surface area (Å²) < 4.78 is 10.4. The minimum Gasteiger partial charge on any atom is -0.469 e. The first-order valence-electron chi connectivity index (χ1n) is 7.04. The zero-order valence-electron chi connectivity index (χ0n) is 12.9. The number of nitrogens with one attached hydrogen (secondary N) is 3. The first-order valence-corrected chi connectivity index (χ1v) is 7.04. The monoisotopic (exact) mass is 432 g/mol. The number of nitrogens with zero attached hydrogens (tertiary/aromatic N) is 1. The summed E-state index contributed by atoms with van der Waals surface area (Å²) in [6, 6.07) is 7.36. The molecule has 7 nitrogen and oxygen atoms in total. The van der Waals surface area contributed by atoms with Crippen molar-refractivity contribution in [3.05, 3.63) is 48.3 Å². The molecule has 0 aliphatic carbocycles. The van der Waals surface area contributed by atoms with E-state index in [1.54, 1.807) is 25.6 Å². The van der Waals surface area contributed by atoms with Gasteiger partial charge in [0.15, 0.2) is 5.96 Å². The van der Waals surface area contributed by atoms with E-state index in [1.165, 1.54) is 0 Å². The van der Waals surface area contributed by atoms with Crippen molar-refractivity contribution in [1.29, 1.82) is 0 Å². The molecular formula is C15H21IN4O3. The predicted molar refractivity (Wildman–Crippen MR) is 97.7 cm³/mol. The van der Waals surface area contributed by atoms with Gasteiger partial charge in [-0.2, -0.15) is 0 Å². The van der Waals surface area contributed by atoms with E-state index >= 15 is 0 Å². The summed E-state index contributed by atoms with van der Waals surface area (Å²) >= 11 is 0. The number of rotatable bonds is 7. The number of hydrogen-bond donors (Lipinski definition) is 3. The highest BCUT2D eigenvalue weighted by Gasteiger charge is 2.04. The number of carbonyl (C=O) groups is 1. The van der Waals surface area contributed by atoms with Crippen molar-refractivity contribution in [2.24, 2.45) is 4.99 Å². The summed E-state index contributed by atoms with van der Waals surface area (Å²) in [7, 11) is 1.66. The van der Waals surface area contributed by atoms with E-state index in [4.69, 9.17) is 8.83 Å². The molecule has 8 heteroatoms. The molecule has 0 saturated heterocycles. The van der Waals surface area contributed by atoms with E-state index in [9.17, 15) is 4.79 Å². The predicted octanol–water partition coefficient (Wildman–Crippen LogP) is 1.51. The van der Waals surface area contributed by atoms with Crippen LogP contribution in [0.2, 0.25) is 0 Å². The van der Waals surface area contributed by atoms with Crippen LogP contribution in [0, 0.1) is 0 Å². The van der Waals surface area contributed by atoms with Crippen molar-refractivity contribution in [1.82, 2.24) is 16.0 Å². The van der Waals surface area contributed by atoms with Crippen molar-refractivity contribution < 1.29 is 13.6 Å². The molecule has 0 atom stereocenters. The first-order chi connectivity index (χ1) is 10.8. The number of halogens is 1. The molecule has 2 aromatic rings. The smallest absolute Gasteiger partial charge is 0.239 e. The number of aliphatic imine (C=N–C) groups is 1. The van der Waals surface area contributed by atoms with Crippen molar-refractivity contribution in [3.63, 3.8) is 0 Å². The maximum absolute atomic E-state index is 11.7. The molecule has 3 N–H and O–H groups in total. The Morgan fingerprint density at radius 3 is 2.39 bits per heavy atom. The van der Waals surface area contributed by atoms with Crippen LogP contribution in [-0.4, -0.2) is 32.0 Å². The Morgan fingerprint density at radius 1 is 1.09 bits per heavy atom. The zero-order valence-corrected chi connectivity index (χ0v) is 15.2. The summed E-state index contributed by atoms with van der Waals surface area (Å²) in [5.41, 5.74) is 0. The molecule has 1 amide bonds. The van der Waals surface area contributed by atoms with Crippen LogP contribution in [0.1, 0.15) is 11.5 Å². The van der Waals surface area contributed by atoms with E-state index in [0.29, 0.717) is 24.8 Å². The molecular weight excluding hydrogens is 411 g/mol. The van der Waals surface area contributed by atoms with Gasteiger partial charge in [0.05, 0.1) is 25.6 Å². The fraction of sp³-hybridized carbons (Fsp3) is 0.333. The zero-order chi connectivity index (χ0) is 15.6. The van der Waals surface area contributed by atoms with Crippen LogP contribution in [0.3, 0.4) is 0 Å². The second-order valence-electron chi connectivity index (χ2n) is 4.54. The normalized spacial score (nSPS) is 10.7. The molecule has 2 aromatic heterocycles. The van der Waals surface area contributed by atoms with E-state index in [2.05, 4.69) is 20.9 Å². The van der Waals surface area contributed by atoms with Gasteiger partial charge in [-0.25, -0.2) is 0 Å². The Kier molecular flexibility index (Phi) is 8.88. The lowest BCUT2D eigenvalue weighted by atomic mass is 10.3. The number of carbonyl (C=O) groups excluding carboxylic acids is 1. The van der Waals surface area contributed by atoms with Gasteiger partial charge in [-0.1, -0.05) is 0 Å². The maximum Gasteiger partial charge on any atom is 0.239 e. The van der Waals surface area contributed by atoms with Gasteiger partial charge in [0, 0.05) is 20.0 Å². The van der Waals surface area contributed by atoms with Gasteiger partial charge in [0.1, 0.15) is 11.5 Å². The first kappa shape index (κ1) is 19.1. The van der Waals surface area contributed by atoms with E-state index < -0.39 is 0 Å². The minimum atomic E-state index is -0.134. The van der Waals surface area contributed by atoms with Crippen molar-refractivity contribution in [3.8, 4) is 0 Å². The van der Waals surface area contributed by atoms with Crippen LogP contribution in [0.4, 0.5) is 0 Å². The molecule has 0 radical (unpaired) electrons. The van der Waals surface area contributed by atoms with Gasteiger partial charge in [-0.05, 0) is 24.3 Å². The highest BCUT2D eigenvalue weighted by atomic mass is 127. The van der Waals surface area contributed by atoms with Crippen LogP contribution < -0.4 is 16.0 Å². The molecule has 0 aromatic carbocycles. The lowest BCUT2D eigenvalue weighted by molar-refractivity contribution is -0.120. The van der Waals surface area contributed by atoms with Crippen molar-refractivity contribution in [2.75, 3.05) is 20.1 Å². The summed E-state index contributed by atoms with van der Waals surface area (Å²) in [6.07, 6.45) is 3.97. The fourth-order valence-corrected chi connectivity index (χ4v) is 1.80. The van der Waals surface area contributed by atoms with E-state index in [1.807, 2.05) is 18.2 Å². The average Bonchev–Trinajstić information content (AvgIpc) is 3.21. The number of amides is 1. The lowest BCUT2D eigenvalue weighted by Crippen LogP contribution is -2.43. The van der Waals surface area contributed by atoms with Crippen LogP contribution >= 0.6 is 24.0 Å². The minimum absolute atomic E-state index is 0. The van der Waals surface area contributed by atoms with E-state index in [-0.39, 0.29) is 36.4 Å². The summed E-state index contributed by atoms with van der Waals surface area (Å²) in [5, 5.41) is 8.81. The molecule has 126 valence electrons. The van der Waals surface area contributed by atoms with Crippen LogP contribution in [-0.2, 0) is 17.8 Å². The fourth-order valence-electron chi connectivity index (χ4n) is 1.80. The molecule has 2 rings (SSSR count). The van der Waals surface area contributed by atoms with Gasteiger partial charge in [0.25, 0.3) is 0 Å². The molecule has 0 bridgehead atoms. The molecule has 2 heterocycles. The standard InChI is InChI=1S/C15H20N4O3.HI/c1-16-15(17-7-6-12-4-2-8-21-12)19-11-14(20)18-10-13-5-3-9-22-13;/h2-5,8-9H,6-7,10-11H2,1H3,(H,18,20)(H2,16,17,19);1H. The highest BCUT2D eigenvalue weighted by Crippen LogP contribution is 1.99. The van der Waals surface area contributed by atoms with Crippen LogP contribution in [0.25, 0.3) is 0 Å². The SMILES string of the molecule is CN=C(NCCc1ccco1)NCC(=O)NCc1ccco1.I. The van der Waals surface area contributed by atoms with Gasteiger partial charge in [0.2, 0.25) is 5.91 Å². The third kappa shape index (κ3) is 7.22. The number of furan rings is 2. The Hall–Kier alpha value is -1.97. The van der Waals surface area contributed by atoms with Crippen molar-refractivity contribution in [2.45, 2.75) is 13.0 Å². The Balaban J connectivity index is 0.00000264. The Labute approximate surface area is 151 Å². The quantitative estimate of drug-likeness (QED) is 0.351. The highest BCUT2D eigenvalue weighted by molar-refractivity contribution is 14.0. The molecule has 0 aliphatic heterocycles. The number of hydrogen-bond acceptors (Lipinski definition) is 4. The molecule has 0 unspecified atom stereocenters. The third-order valence-corrected chi connectivity index (χ3v) is 2.92. The lowest BCUT2D eigenvalue weighted by Gasteiger charge is -2.11. The summed E-state index contributed by atoms with van der Waals surface area (Å²) in [4.78, 5) is 15.8. The van der Waals surface area contributed by atoms with E-state index in [0.717, 1.165) is 12.2 Å². The molecule has 0 fully saturated rings.